The van der Waals surface area contributed by atoms with Crippen molar-refractivity contribution in [3.63, 3.8) is 0 Å². The third-order valence-corrected chi connectivity index (χ3v) is 4.14. The molecule has 1 heterocycles. The van der Waals surface area contributed by atoms with Gasteiger partial charge in [0.15, 0.2) is 0 Å². The second kappa shape index (κ2) is 8.03. The zero-order chi connectivity index (χ0) is 15.1. The van der Waals surface area contributed by atoms with Gasteiger partial charge in [0.05, 0.1) is 13.2 Å². The Morgan fingerprint density at radius 3 is 2.67 bits per heavy atom. The highest BCUT2D eigenvalue weighted by Gasteiger charge is 2.25. The van der Waals surface area contributed by atoms with Crippen molar-refractivity contribution in [1.29, 1.82) is 0 Å². The first-order chi connectivity index (χ1) is 10.3. The summed E-state index contributed by atoms with van der Waals surface area (Å²) in [6.07, 6.45) is 4.29. The van der Waals surface area contributed by atoms with Crippen LogP contribution in [0.15, 0.2) is 24.3 Å². The third-order valence-electron chi connectivity index (χ3n) is 4.14. The quantitative estimate of drug-likeness (QED) is 0.876. The lowest BCUT2D eigenvalue weighted by Crippen LogP contribution is -2.40. The molecule has 2 rings (SSSR count). The smallest absolute Gasteiger partial charge is 0.219 e. The molecule has 0 aliphatic carbocycles. The molecule has 1 fully saturated rings. The van der Waals surface area contributed by atoms with E-state index < -0.39 is 0 Å². The number of nitrogens with one attached hydrogen (secondary N) is 1. The van der Waals surface area contributed by atoms with Crippen molar-refractivity contribution in [2.75, 3.05) is 26.7 Å². The Balaban J connectivity index is 2.19. The van der Waals surface area contributed by atoms with Gasteiger partial charge in [0.2, 0.25) is 5.91 Å². The van der Waals surface area contributed by atoms with Crippen LogP contribution < -0.4 is 10.1 Å². The molecule has 0 bridgehead atoms. The fourth-order valence-corrected chi connectivity index (χ4v) is 2.94. The molecule has 1 unspecified atom stereocenters. The van der Waals surface area contributed by atoms with E-state index in [1.165, 1.54) is 24.8 Å². The SMILES string of the molecule is CCC(=O)NCC(c1ccccc1OC)N1CCCCC1. The van der Waals surface area contributed by atoms with Gasteiger partial charge in [0.25, 0.3) is 0 Å². The van der Waals surface area contributed by atoms with Crippen molar-refractivity contribution in [3.8, 4) is 5.75 Å². The largest absolute Gasteiger partial charge is 0.496 e. The van der Waals surface area contributed by atoms with Gasteiger partial charge in [-0.2, -0.15) is 0 Å². The Morgan fingerprint density at radius 2 is 2.00 bits per heavy atom. The standard InChI is InChI=1S/C17H26N2O2/c1-3-17(20)18-13-15(19-11-7-4-8-12-19)14-9-5-6-10-16(14)21-2/h5-6,9-10,15H,3-4,7-8,11-13H2,1-2H3,(H,18,20). The molecular formula is C17H26N2O2. The zero-order valence-corrected chi connectivity index (χ0v) is 13.1. The number of para-hydroxylation sites is 1. The number of amides is 1. The van der Waals surface area contributed by atoms with Gasteiger partial charge in [0.1, 0.15) is 5.75 Å². The molecule has 1 atom stereocenters. The molecule has 1 aliphatic rings. The number of methoxy groups -OCH3 is 1. The lowest BCUT2D eigenvalue weighted by Gasteiger charge is -2.35. The van der Waals surface area contributed by atoms with Crippen LogP contribution in [0.3, 0.4) is 0 Å². The van der Waals surface area contributed by atoms with E-state index in [0.29, 0.717) is 13.0 Å². The number of piperidine rings is 1. The molecule has 1 aliphatic heterocycles. The fraction of sp³-hybridized carbons (Fsp3) is 0.588. The molecule has 4 nitrogen and oxygen atoms in total. The molecule has 1 amide bonds. The number of carbonyl (C=O) groups is 1. The predicted octanol–water partition coefficient (Wildman–Crippen LogP) is 2.75. The van der Waals surface area contributed by atoms with Crippen LogP contribution in [0.4, 0.5) is 0 Å². The Labute approximate surface area is 127 Å². The summed E-state index contributed by atoms with van der Waals surface area (Å²) in [6, 6.07) is 8.32. The Morgan fingerprint density at radius 1 is 1.29 bits per heavy atom. The van der Waals surface area contributed by atoms with Crippen molar-refractivity contribution < 1.29 is 9.53 Å². The number of likely N-dealkylation sites (tertiary alicyclic amines) is 1. The third kappa shape index (κ3) is 4.21. The number of nitrogens with zero attached hydrogens (tertiary/aromatic N) is 1. The molecule has 1 N–H and O–H groups in total. The van der Waals surface area contributed by atoms with Crippen LogP contribution in [0.25, 0.3) is 0 Å². The molecule has 1 aromatic carbocycles. The van der Waals surface area contributed by atoms with Gasteiger partial charge in [-0.15, -0.1) is 0 Å². The molecule has 0 radical (unpaired) electrons. The zero-order valence-electron chi connectivity index (χ0n) is 13.1. The molecule has 21 heavy (non-hydrogen) atoms. The van der Waals surface area contributed by atoms with Crippen LogP contribution in [0.1, 0.15) is 44.2 Å². The lowest BCUT2D eigenvalue weighted by atomic mass is 10.0. The molecule has 4 heteroatoms. The molecule has 0 saturated carbocycles. The van der Waals surface area contributed by atoms with Gasteiger partial charge >= 0.3 is 0 Å². The highest BCUT2D eigenvalue weighted by Crippen LogP contribution is 2.30. The summed E-state index contributed by atoms with van der Waals surface area (Å²) in [7, 11) is 1.71. The minimum Gasteiger partial charge on any atom is -0.496 e. The van der Waals surface area contributed by atoms with E-state index >= 15 is 0 Å². The first-order valence-corrected chi connectivity index (χ1v) is 7.90. The number of hydrogen-bond acceptors (Lipinski definition) is 3. The Kier molecular flexibility index (Phi) is 6.05. The van der Waals surface area contributed by atoms with E-state index in [-0.39, 0.29) is 11.9 Å². The average Bonchev–Trinajstić information content (AvgIpc) is 2.56. The van der Waals surface area contributed by atoms with Gasteiger partial charge in [0, 0.05) is 18.5 Å². The van der Waals surface area contributed by atoms with Crippen molar-refractivity contribution in [1.82, 2.24) is 10.2 Å². The van der Waals surface area contributed by atoms with E-state index in [4.69, 9.17) is 4.74 Å². The van der Waals surface area contributed by atoms with Gasteiger partial charge in [-0.05, 0) is 32.0 Å². The molecular weight excluding hydrogens is 264 g/mol. The lowest BCUT2D eigenvalue weighted by molar-refractivity contribution is -0.121. The number of rotatable bonds is 6. The van der Waals surface area contributed by atoms with Crippen molar-refractivity contribution >= 4 is 5.91 Å². The maximum atomic E-state index is 11.6. The molecule has 1 aromatic rings. The number of ether oxygens (including phenoxy) is 1. The van der Waals surface area contributed by atoms with E-state index in [1.807, 2.05) is 25.1 Å². The average molecular weight is 290 g/mol. The minimum absolute atomic E-state index is 0.104. The van der Waals surface area contributed by atoms with E-state index in [9.17, 15) is 4.79 Å². The van der Waals surface area contributed by atoms with Crippen molar-refractivity contribution in [2.45, 2.75) is 38.6 Å². The summed E-state index contributed by atoms with van der Waals surface area (Å²) in [5, 5.41) is 3.04. The highest BCUT2D eigenvalue weighted by molar-refractivity contribution is 5.75. The maximum absolute atomic E-state index is 11.6. The topological polar surface area (TPSA) is 41.6 Å². The molecule has 1 saturated heterocycles. The summed E-state index contributed by atoms with van der Waals surface area (Å²) >= 11 is 0. The van der Waals surface area contributed by atoms with Crippen LogP contribution in [0.2, 0.25) is 0 Å². The van der Waals surface area contributed by atoms with Crippen molar-refractivity contribution in [3.05, 3.63) is 29.8 Å². The monoisotopic (exact) mass is 290 g/mol. The Bertz CT molecular complexity index is 456. The summed E-state index contributed by atoms with van der Waals surface area (Å²) in [6.45, 7) is 4.71. The number of carbonyl (C=O) groups excluding carboxylic acids is 1. The number of benzene rings is 1. The summed E-state index contributed by atoms with van der Waals surface area (Å²) in [4.78, 5) is 14.1. The van der Waals surface area contributed by atoms with Gasteiger partial charge in [-0.1, -0.05) is 31.5 Å². The molecule has 116 valence electrons. The normalized spacial score (nSPS) is 17.2. The van der Waals surface area contributed by atoms with Gasteiger partial charge < -0.3 is 10.1 Å². The first kappa shape index (κ1) is 15.8. The van der Waals surface area contributed by atoms with E-state index in [2.05, 4.69) is 16.3 Å². The van der Waals surface area contributed by atoms with E-state index in [1.54, 1.807) is 7.11 Å². The molecule has 0 aromatic heterocycles. The molecule has 0 spiro atoms. The fourth-order valence-electron chi connectivity index (χ4n) is 2.94. The summed E-state index contributed by atoms with van der Waals surface area (Å²) in [5.41, 5.74) is 1.17. The van der Waals surface area contributed by atoms with Gasteiger partial charge in [-0.25, -0.2) is 0 Å². The summed E-state index contributed by atoms with van der Waals surface area (Å²) < 4.78 is 5.51. The second-order valence-electron chi connectivity index (χ2n) is 5.51. The van der Waals surface area contributed by atoms with Gasteiger partial charge in [-0.3, -0.25) is 9.69 Å². The number of hydrogen-bond donors (Lipinski definition) is 1. The van der Waals surface area contributed by atoms with Crippen LogP contribution in [-0.4, -0.2) is 37.6 Å². The van der Waals surface area contributed by atoms with Crippen LogP contribution in [-0.2, 0) is 4.79 Å². The van der Waals surface area contributed by atoms with Crippen LogP contribution >= 0.6 is 0 Å². The van der Waals surface area contributed by atoms with E-state index in [0.717, 1.165) is 18.8 Å². The summed E-state index contributed by atoms with van der Waals surface area (Å²) in [5.74, 6) is 1.01. The highest BCUT2D eigenvalue weighted by atomic mass is 16.5. The van der Waals surface area contributed by atoms with Crippen LogP contribution in [0, 0.1) is 0 Å². The van der Waals surface area contributed by atoms with Crippen LogP contribution in [0.5, 0.6) is 5.75 Å². The maximum Gasteiger partial charge on any atom is 0.219 e. The Hall–Kier alpha value is -1.55. The van der Waals surface area contributed by atoms with Crippen molar-refractivity contribution in [2.24, 2.45) is 0 Å². The second-order valence-corrected chi connectivity index (χ2v) is 5.51. The minimum atomic E-state index is 0.104. The first-order valence-electron chi connectivity index (χ1n) is 7.90. The predicted molar refractivity (Wildman–Crippen MR) is 84.5 cm³/mol.